The molecule has 1 atom stereocenters. The second-order valence-corrected chi connectivity index (χ2v) is 4.62. The topological polar surface area (TPSA) is 44.5 Å². The van der Waals surface area contributed by atoms with Gasteiger partial charge in [-0.2, -0.15) is 13.2 Å². The van der Waals surface area contributed by atoms with Gasteiger partial charge in [0.05, 0.1) is 18.8 Å². The van der Waals surface area contributed by atoms with E-state index in [1.807, 2.05) is 0 Å². The molecule has 1 aromatic carbocycles. The zero-order valence-electron chi connectivity index (χ0n) is 9.87. The summed E-state index contributed by atoms with van der Waals surface area (Å²) >= 11 is 4.68. The van der Waals surface area contributed by atoms with Crippen LogP contribution in [0.25, 0.3) is 0 Å². The van der Waals surface area contributed by atoms with Gasteiger partial charge in [-0.3, -0.25) is 0 Å². The summed E-state index contributed by atoms with van der Waals surface area (Å²) in [5, 5.41) is 0. The van der Waals surface area contributed by atoms with Gasteiger partial charge in [-0.1, -0.05) is 12.2 Å². The van der Waals surface area contributed by atoms with Crippen molar-refractivity contribution in [3.63, 3.8) is 0 Å². The number of nitrogens with two attached hydrogens (primary N) is 1. The molecule has 0 bridgehead atoms. The number of rotatable bonds is 3. The van der Waals surface area contributed by atoms with E-state index in [0.717, 1.165) is 6.07 Å². The number of hydrogen-bond acceptors (Lipinski definition) is 3. The molecule has 1 unspecified atom stereocenters. The van der Waals surface area contributed by atoms with Crippen LogP contribution in [0.2, 0.25) is 0 Å². The minimum atomic E-state index is -4.52. The third-order valence-electron chi connectivity index (χ3n) is 2.75. The summed E-state index contributed by atoms with van der Waals surface area (Å²) < 4.78 is 49.3. The molecule has 104 valence electrons. The first kappa shape index (κ1) is 14.1. The van der Waals surface area contributed by atoms with Gasteiger partial charge in [-0.15, -0.1) is 0 Å². The molecule has 3 nitrogen and oxygen atoms in total. The van der Waals surface area contributed by atoms with Crippen LogP contribution in [0.5, 0.6) is 5.75 Å². The van der Waals surface area contributed by atoms with E-state index in [0.29, 0.717) is 19.6 Å². The first-order valence-corrected chi connectivity index (χ1v) is 6.04. The smallest absolute Gasteiger partial charge is 0.419 e. The maximum absolute atomic E-state index is 13.0. The number of hydrogen-bond donors (Lipinski definition) is 1. The van der Waals surface area contributed by atoms with Gasteiger partial charge in [0.2, 0.25) is 0 Å². The normalized spacial score (nSPS) is 19.4. The number of benzene rings is 1. The Morgan fingerprint density at radius 1 is 1.42 bits per heavy atom. The minimum Gasteiger partial charge on any atom is -0.487 e. The second-order valence-electron chi connectivity index (χ2n) is 4.18. The quantitative estimate of drug-likeness (QED) is 0.869. The van der Waals surface area contributed by atoms with Crippen LogP contribution in [-0.4, -0.2) is 24.3 Å². The maximum Gasteiger partial charge on any atom is 0.419 e. The molecule has 0 amide bonds. The van der Waals surface area contributed by atoms with Crippen molar-refractivity contribution in [3.05, 3.63) is 29.3 Å². The van der Waals surface area contributed by atoms with E-state index in [2.05, 4.69) is 12.2 Å². The molecule has 2 rings (SSSR count). The van der Waals surface area contributed by atoms with Crippen molar-refractivity contribution in [2.45, 2.75) is 18.7 Å². The Morgan fingerprint density at radius 2 is 2.16 bits per heavy atom. The van der Waals surface area contributed by atoms with Gasteiger partial charge in [0, 0.05) is 12.0 Å². The molecular formula is C12H12F3NO2S. The van der Waals surface area contributed by atoms with Crippen LogP contribution in [0, 0.1) is 0 Å². The lowest BCUT2D eigenvalue weighted by Gasteiger charge is -2.18. The zero-order chi connectivity index (χ0) is 14.0. The lowest BCUT2D eigenvalue weighted by atomic mass is 10.1. The van der Waals surface area contributed by atoms with Gasteiger partial charge < -0.3 is 15.2 Å². The molecule has 0 aliphatic carbocycles. The second kappa shape index (κ2) is 5.34. The Morgan fingerprint density at radius 3 is 2.68 bits per heavy atom. The molecule has 0 aromatic heterocycles. The predicted molar refractivity (Wildman–Crippen MR) is 67.2 cm³/mol. The third kappa shape index (κ3) is 3.36. The summed E-state index contributed by atoms with van der Waals surface area (Å²) in [4.78, 5) is -0.0822. The first-order chi connectivity index (χ1) is 8.88. The summed E-state index contributed by atoms with van der Waals surface area (Å²) in [6, 6.07) is 3.58. The molecule has 1 aromatic rings. The minimum absolute atomic E-state index is 0.0822. The van der Waals surface area contributed by atoms with Gasteiger partial charge in [0.25, 0.3) is 0 Å². The molecule has 0 saturated carbocycles. The summed E-state index contributed by atoms with van der Waals surface area (Å²) in [5.74, 6) is -0.219. The summed E-state index contributed by atoms with van der Waals surface area (Å²) in [6.07, 6.45) is -4.29. The van der Waals surface area contributed by atoms with Crippen molar-refractivity contribution in [1.82, 2.24) is 0 Å². The Hall–Kier alpha value is -1.34. The van der Waals surface area contributed by atoms with Crippen molar-refractivity contribution >= 4 is 17.2 Å². The molecule has 7 heteroatoms. The zero-order valence-corrected chi connectivity index (χ0v) is 10.7. The van der Waals surface area contributed by atoms with Crippen molar-refractivity contribution < 1.29 is 22.6 Å². The molecule has 1 fully saturated rings. The summed E-state index contributed by atoms with van der Waals surface area (Å²) in [5.41, 5.74) is 4.64. The Balaban J connectivity index is 2.33. The lowest BCUT2D eigenvalue weighted by molar-refractivity contribution is -0.139. The molecule has 0 spiro atoms. The van der Waals surface area contributed by atoms with Crippen LogP contribution in [0.1, 0.15) is 17.5 Å². The van der Waals surface area contributed by atoms with Gasteiger partial charge in [-0.05, 0) is 18.2 Å². The fraction of sp³-hybridized carbons (Fsp3) is 0.417. The Labute approximate surface area is 113 Å². The maximum atomic E-state index is 13.0. The highest BCUT2D eigenvalue weighted by Crippen LogP contribution is 2.37. The predicted octanol–water partition coefficient (Wildman–Crippen LogP) is 2.51. The van der Waals surface area contributed by atoms with E-state index in [4.69, 9.17) is 15.2 Å². The van der Waals surface area contributed by atoms with E-state index in [1.165, 1.54) is 12.1 Å². The molecule has 1 aliphatic rings. The number of halogens is 3. The highest BCUT2D eigenvalue weighted by atomic mass is 32.1. The Kier molecular flexibility index (Phi) is 3.96. The lowest BCUT2D eigenvalue weighted by Crippen LogP contribution is -2.19. The highest BCUT2D eigenvalue weighted by Gasteiger charge is 2.35. The number of thiocarbonyl (C=S) groups is 1. The van der Waals surface area contributed by atoms with Gasteiger partial charge >= 0.3 is 6.18 Å². The fourth-order valence-corrected chi connectivity index (χ4v) is 1.92. The summed E-state index contributed by atoms with van der Waals surface area (Å²) in [7, 11) is 0. The SMILES string of the molecule is NC(=S)c1ccc(OC2CCOC2)c(C(F)(F)F)c1. The number of ether oxygens (including phenoxy) is 2. The molecule has 1 aliphatic heterocycles. The average molecular weight is 291 g/mol. The van der Waals surface area contributed by atoms with E-state index >= 15 is 0 Å². The van der Waals surface area contributed by atoms with E-state index in [1.54, 1.807) is 0 Å². The van der Waals surface area contributed by atoms with E-state index in [9.17, 15) is 13.2 Å². The van der Waals surface area contributed by atoms with Gasteiger partial charge in [-0.25, -0.2) is 0 Å². The van der Waals surface area contributed by atoms with Crippen molar-refractivity contribution in [3.8, 4) is 5.75 Å². The van der Waals surface area contributed by atoms with Crippen molar-refractivity contribution in [1.29, 1.82) is 0 Å². The van der Waals surface area contributed by atoms with Gasteiger partial charge in [0.1, 0.15) is 16.8 Å². The highest BCUT2D eigenvalue weighted by molar-refractivity contribution is 7.80. The van der Waals surface area contributed by atoms with Crippen molar-refractivity contribution in [2.24, 2.45) is 5.73 Å². The first-order valence-electron chi connectivity index (χ1n) is 5.63. The molecule has 19 heavy (non-hydrogen) atoms. The monoisotopic (exact) mass is 291 g/mol. The molecular weight excluding hydrogens is 279 g/mol. The van der Waals surface area contributed by atoms with Crippen molar-refractivity contribution in [2.75, 3.05) is 13.2 Å². The number of alkyl halides is 3. The standard InChI is InChI=1S/C12H12F3NO2S/c13-12(14,15)9-5-7(11(16)19)1-2-10(9)18-8-3-4-17-6-8/h1-2,5,8H,3-4,6H2,(H2,16,19). The van der Waals surface area contributed by atoms with Crippen LogP contribution < -0.4 is 10.5 Å². The Bertz CT molecular complexity index is 484. The largest absolute Gasteiger partial charge is 0.487 e. The van der Waals surface area contributed by atoms with E-state index in [-0.39, 0.29) is 22.4 Å². The van der Waals surface area contributed by atoms with Crippen LogP contribution in [0.15, 0.2) is 18.2 Å². The van der Waals surface area contributed by atoms with Gasteiger partial charge in [0.15, 0.2) is 0 Å². The fourth-order valence-electron chi connectivity index (χ4n) is 1.79. The molecule has 2 N–H and O–H groups in total. The molecule has 0 radical (unpaired) electrons. The third-order valence-corrected chi connectivity index (χ3v) is 2.99. The van der Waals surface area contributed by atoms with Crippen LogP contribution in [0.4, 0.5) is 13.2 Å². The van der Waals surface area contributed by atoms with E-state index < -0.39 is 11.7 Å². The van der Waals surface area contributed by atoms with Crippen LogP contribution in [-0.2, 0) is 10.9 Å². The molecule has 1 heterocycles. The summed E-state index contributed by atoms with van der Waals surface area (Å²) in [6.45, 7) is 0.797. The molecule has 1 saturated heterocycles. The average Bonchev–Trinajstić information content (AvgIpc) is 2.80. The van der Waals surface area contributed by atoms with Crippen LogP contribution >= 0.6 is 12.2 Å². The van der Waals surface area contributed by atoms with Crippen LogP contribution in [0.3, 0.4) is 0 Å².